The summed E-state index contributed by atoms with van der Waals surface area (Å²) >= 11 is 0. The summed E-state index contributed by atoms with van der Waals surface area (Å²) in [4.78, 5) is 11.2. The first-order valence-corrected chi connectivity index (χ1v) is 5.56. The van der Waals surface area contributed by atoms with Gasteiger partial charge in [0.05, 0.1) is 7.11 Å². The molecule has 0 fully saturated rings. The number of benzene rings is 1. The number of anilines is 1. The molecular formula is C13H13N3O3. The molecule has 6 heteroatoms. The molecule has 1 heterocycles. The van der Waals surface area contributed by atoms with Crippen LogP contribution >= 0.6 is 0 Å². The van der Waals surface area contributed by atoms with Gasteiger partial charge < -0.3 is 15.2 Å². The van der Waals surface area contributed by atoms with E-state index in [1.165, 1.54) is 13.2 Å². The van der Waals surface area contributed by atoms with Crippen LogP contribution in [0.2, 0.25) is 0 Å². The minimum Gasteiger partial charge on any atom is -0.464 e. The van der Waals surface area contributed by atoms with Gasteiger partial charge in [-0.15, -0.1) is 10.2 Å². The summed E-state index contributed by atoms with van der Waals surface area (Å²) in [6.45, 7) is 1.88. The fourth-order valence-electron chi connectivity index (χ4n) is 1.49. The molecule has 98 valence electrons. The molecule has 0 atom stereocenters. The molecule has 2 rings (SSSR count). The molecule has 0 amide bonds. The molecule has 19 heavy (non-hydrogen) atoms. The molecule has 0 bridgehead atoms. The number of aryl methyl sites for hydroxylation is 1. The molecule has 2 N–H and O–H groups in total. The number of esters is 1. The van der Waals surface area contributed by atoms with Gasteiger partial charge in [-0.25, -0.2) is 4.79 Å². The fraction of sp³-hybridized carbons (Fsp3) is 0.154. The van der Waals surface area contributed by atoms with Crippen molar-refractivity contribution < 1.29 is 14.3 Å². The number of hydrogen-bond donors (Lipinski definition) is 1. The smallest absolute Gasteiger partial charge is 0.358 e. The first kappa shape index (κ1) is 12.8. The van der Waals surface area contributed by atoms with Crippen LogP contribution in [-0.4, -0.2) is 23.3 Å². The maximum atomic E-state index is 11.2. The number of carbonyl (C=O) groups is 1. The van der Waals surface area contributed by atoms with E-state index < -0.39 is 5.97 Å². The molecule has 0 spiro atoms. The van der Waals surface area contributed by atoms with E-state index in [9.17, 15) is 4.79 Å². The Balaban J connectivity index is 2.17. The maximum Gasteiger partial charge on any atom is 0.358 e. The molecule has 2 aromatic rings. The number of methoxy groups -OCH3 is 1. The van der Waals surface area contributed by atoms with Crippen LogP contribution in [0.5, 0.6) is 11.6 Å². The Morgan fingerprint density at radius 2 is 2.00 bits per heavy atom. The zero-order valence-corrected chi connectivity index (χ0v) is 10.6. The summed E-state index contributed by atoms with van der Waals surface area (Å²) in [5.41, 5.74) is 7.33. The van der Waals surface area contributed by atoms with Gasteiger partial charge in [0.25, 0.3) is 0 Å². The van der Waals surface area contributed by atoms with Crippen LogP contribution in [0.15, 0.2) is 30.3 Å². The van der Waals surface area contributed by atoms with Crippen molar-refractivity contribution in [3.63, 3.8) is 0 Å². The van der Waals surface area contributed by atoms with Crippen molar-refractivity contribution >= 4 is 11.7 Å². The minimum absolute atomic E-state index is 0.129. The summed E-state index contributed by atoms with van der Waals surface area (Å²) in [7, 11) is 1.28. The normalized spacial score (nSPS) is 10.0. The van der Waals surface area contributed by atoms with Gasteiger partial charge in [0.2, 0.25) is 5.88 Å². The Morgan fingerprint density at radius 3 is 2.58 bits per heavy atom. The van der Waals surface area contributed by atoms with Gasteiger partial charge in [0.1, 0.15) is 5.75 Å². The van der Waals surface area contributed by atoms with E-state index >= 15 is 0 Å². The zero-order valence-electron chi connectivity index (χ0n) is 10.6. The van der Waals surface area contributed by atoms with Crippen molar-refractivity contribution in [2.45, 2.75) is 6.92 Å². The molecule has 0 aliphatic heterocycles. The van der Waals surface area contributed by atoms with Gasteiger partial charge in [-0.05, 0) is 36.8 Å². The third kappa shape index (κ3) is 2.98. The quantitative estimate of drug-likeness (QED) is 0.669. The third-order valence-corrected chi connectivity index (χ3v) is 2.45. The van der Waals surface area contributed by atoms with Crippen LogP contribution in [0.1, 0.15) is 16.1 Å². The molecule has 0 saturated carbocycles. The average molecular weight is 259 g/mol. The van der Waals surface area contributed by atoms with E-state index in [1.54, 1.807) is 24.3 Å². The van der Waals surface area contributed by atoms with Gasteiger partial charge in [-0.1, -0.05) is 0 Å². The van der Waals surface area contributed by atoms with Crippen LogP contribution in [0.3, 0.4) is 0 Å². The first-order valence-electron chi connectivity index (χ1n) is 5.56. The van der Waals surface area contributed by atoms with Crippen LogP contribution in [0, 0.1) is 6.92 Å². The second kappa shape index (κ2) is 5.34. The minimum atomic E-state index is -0.539. The van der Waals surface area contributed by atoms with Crippen LogP contribution in [0.25, 0.3) is 0 Å². The molecule has 0 unspecified atom stereocenters. The maximum absolute atomic E-state index is 11.2. The summed E-state index contributed by atoms with van der Waals surface area (Å²) in [6, 6.07) is 8.32. The Bertz CT molecular complexity index is 597. The van der Waals surface area contributed by atoms with E-state index in [2.05, 4.69) is 14.9 Å². The summed E-state index contributed by atoms with van der Waals surface area (Å²) < 4.78 is 10.1. The molecular weight excluding hydrogens is 246 g/mol. The number of ether oxygens (including phenoxy) is 2. The molecule has 1 aromatic carbocycles. The van der Waals surface area contributed by atoms with Gasteiger partial charge in [-0.3, -0.25) is 0 Å². The Hall–Kier alpha value is -2.63. The Kier molecular flexibility index (Phi) is 3.61. The van der Waals surface area contributed by atoms with Crippen molar-refractivity contribution in [2.24, 2.45) is 0 Å². The summed E-state index contributed by atoms with van der Waals surface area (Å²) in [5, 5.41) is 7.52. The summed E-state index contributed by atoms with van der Waals surface area (Å²) in [6.07, 6.45) is 0. The number of hydrogen-bond acceptors (Lipinski definition) is 6. The lowest BCUT2D eigenvalue weighted by atomic mass is 10.2. The SMILES string of the molecule is COC(=O)c1ccc(Oc2ccc(N)cc2C)nn1. The number of aromatic nitrogens is 2. The fourth-order valence-corrected chi connectivity index (χ4v) is 1.49. The highest BCUT2D eigenvalue weighted by Crippen LogP contribution is 2.24. The third-order valence-electron chi connectivity index (χ3n) is 2.45. The lowest BCUT2D eigenvalue weighted by molar-refractivity contribution is 0.0592. The second-order valence-corrected chi connectivity index (χ2v) is 3.88. The van der Waals surface area contributed by atoms with Gasteiger partial charge in [0.15, 0.2) is 5.69 Å². The van der Waals surface area contributed by atoms with Crippen molar-refractivity contribution in [3.05, 3.63) is 41.6 Å². The predicted molar refractivity (Wildman–Crippen MR) is 69.0 cm³/mol. The van der Waals surface area contributed by atoms with Crippen LogP contribution in [0.4, 0.5) is 5.69 Å². The molecule has 0 aliphatic rings. The highest BCUT2D eigenvalue weighted by molar-refractivity contribution is 5.86. The van der Waals surface area contributed by atoms with Crippen LogP contribution in [-0.2, 0) is 4.74 Å². The molecule has 0 aliphatic carbocycles. The average Bonchev–Trinajstić information content (AvgIpc) is 2.42. The second-order valence-electron chi connectivity index (χ2n) is 3.88. The van der Waals surface area contributed by atoms with E-state index in [-0.39, 0.29) is 5.69 Å². The Labute approximate surface area is 110 Å². The lowest BCUT2D eigenvalue weighted by Gasteiger charge is -2.07. The molecule has 6 nitrogen and oxygen atoms in total. The highest BCUT2D eigenvalue weighted by atomic mass is 16.5. The van der Waals surface area contributed by atoms with Gasteiger partial charge >= 0.3 is 5.97 Å². The number of nitrogens with zero attached hydrogens (tertiary/aromatic N) is 2. The number of nitrogen functional groups attached to an aromatic ring is 1. The van der Waals surface area contributed by atoms with Crippen LogP contribution < -0.4 is 10.5 Å². The highest BCUT2D eigenvalue weighted by Gasteiger charge is 2.09. The van der Waals surface area contributed by atoms with E-state index in [0.717, 1.165) is 5.56 Å². The standard InChI is InChI=1S/C13H13N3O3/c1-8-7-9(14)3-5-11(8)19-12-6-4-10(15-16-12)13(17)18-2/h3-7H,14H2,1-2H3. The van der Waals surface area contributed by atoms with E-state index in [1.807, 2.05) is 6.92 Å². The van der Waals surface area contributed by atoms with Crippen molar-refractivity contribution in [1.29, 1.82) is 0 Å². The number of carbonyl (C=O) groups excluding carboxylic acids is 1. The first-order chi connectivity index (χ1) is 9.10. The largest absolute Gasteiger partial charge is 0.464 e. The number of nitrogens with two attached hydrogens (primary N) is 1. The molecule has 0 saturated heterocycles. The lowest BCUT2D eigenvalue weighted by Crippen LogP contribution is -2.05. The van der Waals surface area contributed by atoms with Gasteiger partial charge in [0, 0.05) is 11.8 Å². The van der Waals surface area contributed by atoms with Gasteiger partial charge in [-0.2, -0.15) is 0 Å². The number of rotatable bonds is 3. The summed E-state index contributed by atoms with van der Waals surface area (Å²) in [5.74, 6) is 0.387. The zero-order chi connectivity index (χ0) is 13.8. The van der Waals surface area contributed by atoms with Crippen molar-refractivity contribution in [2.75, 3.05) is 12.8 Å². The monoisotopic (exact) mass is 259 g/mol. The molecule has 1 aromatic heterocycles. The molecule has 0 radical (unpaired) electrons. The van der Waals surface area contributed by atoms with Crippen molar-refractivity contribution in [1.82, 2.24) is 10.2 Å². The van der Waals surface area contributed by atoms with Crippen molar-refractivity contribution in [3.8, 4) is 11.6 Å². The van der Waals surface area contributed by atoms with E-state index in [4.69, 9.17) is 10.5 Å². The Morgan fingerprint density at radius 1 is 1.21 bits per heavy atom. The predicted octanol–water partition coefficient (Wildman–Crippen LogP) is 1.95. The van der Waals surface area contributed by atoms with E-state index in [0.29, 0.717) is 17.3 Å². The topological polar surface area (TPSA) is 87.3 Å².